The number of benzene rings is 1. The van der Waals surface area contributed by atoms with Crippen LogP contribution in [0.2, 0.25) is 0 Å². The van der Waals surface area contributed by atoms with Gasteiger partial charge in [0.05, 0.1) is 0 Å². The average Bonchev–Trinajstić information content (AvgIpc) is 1.93. The van der Waals surface area contributed by atoms with Gasteiger partial charge in [-0.1, -0.05) is 64.1 Å². The van der Waals surface area contributed by atoms with Crippen LogP contribution in [0.5, 0.6) is 0 Å². The van der Waals surface area contributed by atoms with Crippen LogP contribution in [0.3, 0.4) is 0 Å². The maximum atomic E-state index is 2.12. The summed E-state index contributed by atoms with van der Waals surface area (Å²) in [6.07, 6.45) is 1.25. The molecule has 1 aromatic carbocycles. The quantitative estimate of drug-likeness (QED) is 0.512. The van der Waals surface area contributed by atoms with Crippen LogP contribution in [0.4, 0.5) is 0 Å². The summed E-state index contributed by atoms with van der Waals surface area (Å²) in [6, 6.07) is 12.0. The molecule has 0 saturated heterocycles. The lowest BCUT2D eigenvalue weighted by atomic mass is 10.4. The molecule has 0 saturated carbocycles. The van der Waals surface area contributed by atoms with Gasteiger partial charge in [-0.15, -0.1) is 0 Å². The van der Waals surface area contributed by atoms with Crippen LogP contribution < -0.4 is 0 Å². The van der Waals surface area contributed by atoms with Crippen LogP contribution in [-0.4, -0.2) is 0 Å². The number of hydrogen-bond donors (Lipinski definition) is 0. The molecule has 0 amide bonds. The van der Waals surface area contributed by atoms with E-state index in [9.17, 15) is 0 Å². The minimum absolute atomic E-state index is 0. The van der Waals surface area contributed by atoms with Gasteiger partial charge in [0, 0.05) is 0 Å². The van der Waals surface area contributed by atoms with Crippen LogP contribution in [0.25, 0.3) is 0 Å². The van der Waals surface area contributed by atoms with Crippen LogP contribution in [0, 0.1) is 0 Å². The highest BCUT2D eigenvalue weighted by molar-refractivity contribution is 4.99. The van der Waals surface area contributed by atoms with Gasteiger partial charge < -0.3 is 0 Å². The molecule has 0 bridgehead atoms. The van der Waals surface area contributed by atoms with E-state index in [-0.39, 0.29) is 7.43 Å². The molecule has 58 valence electrons. The van der Waals surface area contributed by atoms with Crippen molar-refractivity contribution in [1.29, 1.82) is 0 Å². The van der Waals surface area contributed by atoms with Crippen molar-refractivity contribution < 1.29 is 0 Å². The van der Waals surface area contributed by atoms with Crippen molar-refractivity contribution in [2.24, 2.45) is 0 Å². The molecule has 1 aromatic rings. The van der Waals surface area contributed by atoms with E-state index in [4.69, 9.17) is 0 Å². The van der Waals surface area contributed by atoms with Gasteiger partial charge in [0.2, 0.25) is 0 Å². The molecular formula is C10H18. The van der Waals surface area contributed by atoms with Crippen molar-refractivity contribution >= 4 is 0 Å². The van der Waals surface area contributed by atoms with Crippen LogP contribution in [0.15, 0.2) is 36.4 Å². The van der Waals surface area contributed by atoms with Gasteiger partial charge in [-0.05, 0) is 0 Å². The van der Waals surface area contributed by atoms with E-state index in [0.717, 1.165) is 0 Å². The van der Waals surface area contributed by atoms with Crippen molar-refractivity contribution in [2.45, 2.75) is 27.7 Å². The second-order valence-corrected chi connectivity index (χ2v) is 1.86. The summed E-state index contributed by atoms with van der Waals surface area (Å²) in [5, 5.41) is 0. The Labute approximate surface area is 64.9 Å². The first-order valence-electron chi connectivity index (χ1n) is 3.41. The van der Waals surface area contributed by atoms with E-state index in [1.165, 1.54) is 6.42 Å². The van der Waals surface area contributed by atoms with E-state index in [2.05, 4.69) is 13.8 Å². The molecule has 0 radical (unpaired) electrons. The van der Waals surface area contributed by atoms with E-state index < -0.39 is 0 Å². The molecule has 10 heavy (non-hydrogen) atoms. The number of hydrogen-bond acceptors (Lipinski definition) is 0. The third-order valence-electron chi connectivity index (χ3n) is 0.667. The van der Waals surface area contributed by atoms with Gasteiger partial charge in [-0.2, -0.15) is 0 Å². The topological polar surface area (TPSA) is 0 Å². The summed E-state index contributed by atoms with van der Waals surface area (Å²) < 4.78 is 0. The molecule has 0 atom stereocenters. The first kappa shape index (κ1) is 12.0. The van der Waals surface area contributed by atoms with E-state index in [1.807, 2.05) is 36.4 Å². The van der Waals surface area contributed by atoms with Crippen LogP contribution in [-0.2, 0) is 0 Å². The highest BCUT2D eigenvalue weighted by Gasteiger charge is 1.57. The van der Waals surface area contributed by atoms with Gasteiger partial charge in [0.25, 0.3) is 0 Å². The summed E-state index contributed by atoms with van der Waals surface area (Å²) in [7, 11) is 0. The molecule has 0 heteroatoms. The predicted molar refractivity (Wildman–Crippen MR) is 49.1 cm³/mol. The molecule has 0 nitrogen and oxygen atoms in total. The Morgan fingerprint density at radius 3 is 0.900 bits per heavy atom. The fourth-order valence-corrected chi connectivity index (χ4v) is 0.385. The zero-order valence-electron chi connectivity index (χ0n) is 6.17. The van der Waals surface area contributed by atoms with E-state index >= 15 is 0 Å². The summed E-state index contributed by atoms with van der Waals surface area (Å²) in [5.74, 6) is 0. The molecule has 0 fully saturated rings. The Kier molecular flexibility index (Phi) is 13.2. The fourth-order valence-electron chi connectivity index (χ4n) is 0.385. The Bertz CT molecular complexity index is 82.9. The minimum atomic E-state index is 0. The fraction of sp³-hybridized carbons (Fsp3) is 0.400. The molecule has 0 spiro atoms. The standard InChI is InChI=1S/C6H6.C3H8.CH4/c1-2-4-6-5-3-1;1-3-2;/h1-6H;3H2,1-2H3;1H4. The molecular weight excluding hydrogens is 120 g/mol. The van der Waals surface area contributed by atoms with Gasteiger partial charge >= 0.3 is 0 Å². The Hall–Kier alpha value is -0.780. The molecule has 0 heterocycles. The Morgan fingerprint density at radius 1 is 0.700 bits per heavy atom. The van der Waals surface area contributed by atoms with Crippen molar-refractivity contribution in [3.8, 4) is 0 Å². The monoisotopic (exact) mass is 138 g/mol. The lowest BCUT2D eigenvalue weighted by Crippen LogP contribution is -1.47. The molecule has 0 aliphatic carbocycles. The van der Waals surface area contributed by atoms with Crippen molar-refractivity contribution in [3.05, 3.63) is 36.4 Å². The number of rotatable bonds is 0. The van der Waals surface area contributed by atoms with E-state index in [1.54, 1.807) is 0 Å². The third kappa shape index (κ3) is 10.3. The first-order valence-corrected chi connectivity index (χ1v) is 3.41. The maximum absolute atomic E-state index is 2.12. The van der Waals surface area contributed by atoms with Crippen molar-refractivity contribution in [1.82, 2.24) is 0 Å². The van der Waals surface area contributed by atoms with Crippen LogP contribution in [0.1, 0.15) is 27.7 Å². The van der Waals surface area contributed by atoms with Crippen LogP contribution >= 0.6 is 0 Å². The molecule has 0 aromatic heterocycles. The zero-order valence-corrected chi connectivity index (χ0v) is 6.17. The largest absolute Gasteiger partial charge is 0.0776 e. The van der Waals surface area contributed by atoms with Crippen molar-refractivity contribution in [2.75, 3.05) is 0 Å². The summed E-state index contributed by atoms with van der Waals surface area (Å²) >= 11 is 0. The maximum Gasteiger partial charge on any atom is -0.0590 e. The molecule has 0 aliphatic rings. The van der Waals surface area contributed by atoms with Gasteiger partial charge in [0.1, 0.15) is 0 Å². The highest BCUT2D eigenvalue weighted by atomic mass is 13.6. The SMILES string of the molecule is C.CCC.c1ccccc1. The lowest BCUT2D eigenvalue weighted by Gasteiger charge is -1.69. The normalized spacial score (nSPS) is 6.60. The Balaban J connectivity index is 0. The average molecular weight is 138 g/mol. The summed E-state index contributed by atoms with van der Waals surface area (Å²) in [4.78, 5) is 0. The second kappa shape index (κ2) is 11.1. The zero-order chi connectivity index (χ0) is 6.95. The molecule has 0 N–H and O–H groups in total. The lowest BCUT2D eigenvalue weighted by molar-refractivity contribution is 1.09. The third-order valence-corrected chi connectivity index (χ3v) is 0.667. The second-order valence-electron chi connectivity index (χ2n) is 1.86. The molecule has 0 aliphatic heterocycles. The van der Waals surface area contributed by atoms with Crippen molar-refractivity contribution in [3.63, 3.8) is 0 Å². The smallest absolute Gasteiger partial charge is 0.0590 e. The molecule has 0 unspecified atom stereocenters. The first-order chi connectivity index (χ1) is 4.41. The molecule has 1 rings (SSSR count). The minimum Gasteiger partial charge on any atom is -0.0776 e. The van der Waals surface area contributed by atoms with Gasteiger partial charge in [-0.25, -0.2) is 0 Å². The predicted octanol–water partition coefficient (Wildman–Crippen LogP) is 3.74. The Morgan fingerprint density at radius 2 is 0.800 bits per heavy atom. The summed E-state index contributed by atoms with van der Waals surface area (Å²) in [6.45, 7) is 4.25. The van der Waals surface area contributed by atoms with Gasteiger partial charge in [-0.3, -0.25) is 0 Å². The van der Waals surface area contributed by atoms with E-state index in [0.29, 0.717) is 0 Å². The summed E-state index contributed by atoms with van der Waals surface area (Å²) in [5.41, 5.74) is 0. The highest BCUT2D eigenvalue weighted by Crippen LogP contribution is 1.79. The van der Waals surface area contributed by atoms with Gasteiger partial charge in [0.15, 0.2) is 0 Å².